The Labute approximate surface area is 56.2 Å². The number of carbonyl (C=O) groups is 1. The minimum absolute atomic E-state index is 0.199. The van der Waals surface area contributed by atoms with Crippen LogP contribution in [-0.4, -0.2) is 20.0 Å². The number of rotatable bonds is 5. The lowest BCUT2D eigenvalue weighted by molar-refractivity contribution is -0.111. The smallest absolute Gasteiger partial charge is 0.123 e. The molecule has 2 nitrogen and oxygen atoms in total. The highest BCUT2D eigenvalue weighted by Crippen LogP contribution is 2.03. The van der Waals surface area contributed by atoms with Gasteiger partial charge in [0.25, 0.3) is 0 Å². The predicted molar refractivity (Wildman–Crippen MR) is 36.3 cm³/mol. The number of aldehydes is 1. The van der Waals surface area contributed by atoms with Crippen LogP contribution in [0.1, 0.15) is 19.8 Å². The first kappa shape index (κ1) is 8.63. The molecule has 0 saturated heterocycles. The monoisotopic (exact) mass is 130 g/mol. The molecular formula is C7H14O2. The van der Waals surface area contributed by atoms with Gasteiger partial charge in [0, 0.05) is 19.6 Å². The van der Waals surface area contributed by atoms with Crippen molar-refractivity contribution in [1.82, 2.24) is 0 Å². The highest BCUT2D eigenvalue weighted by molar-refractivity contribution is 5.53. The summed E-state index contributed by atoms with van der Waals surface area (Å²) in [6.07, 6.45) is 2.78. The summed E-state index contributed by atoms with van der Waals surface area (Å²) in [6.45, 7) is 2.70. The fraction of sp³-hybridized carbons (Fsp3) is 0.857. The lowest BCUT2D eigenvalue weighted by atomic mass is 10.1. The van der Waals surface area contributed by atoms with E-state index in [9.17, 15) is 4.79 Å². The van der Waals surface area contributed by atoms with E-state index < -0.39 is 0 Å². The van der Waals surface area contributed by atoms with Crippen LogP contribution in [0.25, 0.3) is 0 Å². The van der Waals surface area contributed by atoms with E-state index >= 15 is 0 Å². The molecule has 0 rings (SSSR count). The van der Waals surface area contributed by atoms with Crippen LogP contribution in [0, 0.1) is 5.92 Å². The number of ether oxygens (including phenoxy) is 1. The van der Waals surface area contributed by atoms with Gasteiger partial charge in [-0.1, -0.05) is 6.92 Å². The molecule has 0 aliphatic heterocycles. The SMILES string of the molecule is CC[C@H](C=O)CCOC. The molecule has 0 unspecified atom stereocenters. The van der Waals surface area contributed by atoms with E-state index in [1.165, 1.54) is 0 Å². The zero-order valence-electron chi connectivity index (χ0n) is 6.09. The van der Waals surface area contributed by atoms with Gasteiger partial charge >= 0.3 is 0 Å². The molecule has 0 aliphatic carbocycles. The molecule has 9 heavy (non-hydrogen) atoms. The van der Waals surface area contributed by atoms with Gasteiger partial charge in [0.1, 0.15) is 6.29 Å². The van der Waals surface area contributed by atoms with Gasteiger partial charge in [-0.2, -0.15) is 0 Å². The lowest BCUT2D eigenvalue weighted by Gasteiger charge is -2.03. The Morgan fingerprint density at radius 1 is 1.67 bits per heavy atom. The zero-order valence-corrected chi connectivity index (χ0v) is 6.09. The molecular weight excluding hydrogens is 116 g/mol. The third kappa shape index (κ3) is 4.15. The molecule has 0 spiro atoms. The molecule has 0 saturated carbocycles. The van der Waals surface area contributed by atoms with Gasteiger partial charge in [0.05, 0.1) is 0 Å². The van der Waals surface area contributed by atoms with Crippen LogP contribution in [0.4, 0.5) is 0 Å². The van der Waals surface area contributed by atoms with Gasteiger partial charge < -0.3 is 9.53 Å². The van der Waals surface area contributed by atoms with Crippen LogP contribution in [0.15, 0.2) is 0 Å². The van der Waals surface area contributed by atoms with Crippen LogP contribution in [0.5, 0.6) is 0 Å². The number of hydrogen-bond acceptors (Lipinski definition) is 2. The topological polar surface area (TPSA) is 26.3 Å². The van der Waals surface area contributed by atoms with Crippen molar-refractivity contribution in [2.45, 2.75) is 19.8 Å². The summed E-state index contributed by atoms with van der Waals surface area (Å²) in [5.41, 5.74) is 0. The van der Waals surface area contributed by atoms with Crippen molar-refractivity contribution in [3.05, 3.63) is 0 Å². The first-order valence-electron chi connectivity index (χ1n) is 3.29. The van der Waals surface area contributed by atoms with Crippen molar-refractivity contribution in [1.29, 1.82) is 0 Å². The molecule has 1 atom stereocenters. The standard InChI is InChI=1S/C7H14O2/c1-3-7(6-8)4-5-9-2/h6-7H,3-5H2,1-2H3/t7-/m0/s1. The minimum atomic E-state index is 0.199. The van der Waals surface area contributed by atoms with E-state index in [-0.39, 0.29) is 5.92 Å². The first-order valence-corrected chi connectivity index (χ1v) is 3.29. The predicted octanol–water partition coefficient (Wildman–Crippen LogP) is 1.25. The van der Waals surface area contributed by atoms with Crippen molar-refractivity contribution in [3.63, 3.8) is 0 Å². The Balaban J connectivity index is 3.20. The molecule has 0 bridgehead atoms. The molecule has 2 heteroatoms. The minimum Gasteiger partial charge on any atom is -0.385 e. The van der Waals surface area contributed by atoms with Gasteiger partial charge in [-0.3, -0.25) is 0 Å². The van der Waals surface area contributed by atoms with Crippen LogP contribution in [-0.2, 0) is 9.53 Å². The molecule has 0 aromatic heterocycles. The average Bonchev–Trinajstić information content (AvgIpc) is 1.91. The van der Waals surface area contributed by atoms with Gasteiger partial charge in [0.15, 0.2) is 0 Å². The van der Waals surface area contributed by atoms with Crippen LogP contribution < -0.4 is 0 Å². The van der Waals surface area contributed by atoms with Crippen LogP contribution in [0.2, 0.25) is 0 Å². The molecule has 0 aromatic carbocycles. The van der Waals surface area contributed by atoms with E-state index in [2.05, 4.69) is 0 Å². The number of methoxy groups -OCH3 is 1. The third-order valence-corrected chi connectivity index (χ3v) is 1.41. The maximum Gasteiger partial charge on any atom is 0.123 e. The fourth-order valence-electron chi connectivity index (χ4n) is 0.638. The molecule has 0 heterocycles. The van der Waals surface area contributed by atoms with Crippen LogP contribution in [0.3, 0.4) is 0 Å². The quantitative estimate of drug-likeness (QED) is 0.523. The molecule has 54 valence electrons. The lowest BCUT2D eigenvalue weighted by Crippen LogP contribution is -2.03. The van der Waals surface area contributed by atoms with Crippen molar-refractivity contribution < 1.29 is 9.53 Å². The first-order chi connectivity index (χ1) is 4.35. The summed E-state index contributed by atoms with van der Waals surface area (Å²) in [6, 6.07) is 0. The Morgan fingerprint density at radius 3 is 2.67 bits per heavy atom. The van der Waals surface area contributed by atoms with Crippen molar-refractivity contribution in [2.75, 3.05) is 13.7 Å². The van der Waals surface area contributed by atoms with E-state index in [1.54, 1.807) is 7.11 Å². The average molecular weight is 130 g/mol. The highest BCUT2D eigenvalue weighted by atomic mass is 16.5. The summed E-state index contributed by atoms with van der Waals surface area (Å²) in [5.74, 6) is 0.199. The molecule has 0 radical (unpaired) electrons. The summed E-state index contributed by atoms with van der Waals surface area (Å²) in [7, 11) is 1.65. The number of carbonyl (C=O) groups excluding carboxylic acids is 1. The van der Waals surface area contributed by atoms with Crippen LogP contribution >= 0.6 is 0 Å². The molecule has 0 aliphatic rings. The maximum absolute atomic E-state index is 10.2. The van der Waals surface area contributed by atoms with E-state index in [0.717, 1.165) is 19.1 Å². The second-order valence-corrected chi connectivity index (χ2v) is 2.09. The zero-order chi connectivity index (χ0) is 7.11. The van der Waals surface area contributed by atoms with Gasteiger partial charge in [-0.15, -0.1) is 0 Å². The third-order valence-electron chi connectivity index (χ3n) is 1.41. The molecule has 0 N–H and O–H groups in total. The Hall–Kier alpha value is -0.370. The largest absolute Gasteiger partial charge is 0.385 e. The Morgan fingerprint density at radius 2 is 2.33 bits per heavy atom. The van der Waals surface area contributed by atoms with Gasteiger partial charge in [-0.25, -0.2) is 0 Å². The molecule has 0 amide bonds. The summed E-state index contributed by atoms with van der Waals surface area (Å²) < 4.78 is 4.82. The van der Waals surface area contributed by atoms with E-state index in [0.29, 0.717) is 6.61 Å². The fourth-order valence-corrected chi connectivity index (χ4v) is 0.638. The Bertz CT molecular complexity index is 71.3. The molecule has 0 aromatic rings. The highest BCUT2D eigenvalue weighted by Gasteiger charge is 2.01. The number of hydrogen-bond donors (Lipinski definition) is 0. The maximum atomic E-state index is 10.2. The Kier molecular flexibility index (Phi) is 5.52. The van der Waals surface area contributed by atoms with Gasteiger partial charge in [0.2, 0.25) is 0 Å². The van der Waals surface area contributed by atoms with E-state index in [1.807, 2.05) is 6.92 Å². The normalized spacial score (nSPS) is 13.1. The van der Waals surface area contributed by atoms with Crippen molar-refractivity contribution >= 4 is 6.29 Å². The summed E-state index contributed by atoms with van der Waals surface area (Å²) >= 11 is 0. The second-order valence-electron chi connectivity index (χ2n) is 2.09. The summed E-state index contributed by atoms with van der Waals surface area (Å²) in [4.78, 5) is 10.2. The van der Waals surface area contributed by atoms with Crippen molar-refractivity contribution in [2.24, 2.45) is 5.92 Å². The van der Waals surface area contributed by atoms with E-state index in [4.69, 9.17) is 4.74 Å². The van der Waals surface area contributed by atoms with Crippen molar-refractivity contribution in [3.8, 4) is 0 Å². The molecule has 0 fully saturated rings. The van der Waals surface area contributed by atoms with Gasteiger partial charge in [-0.05, 0) is 12.8 Å². The second kappa shape index (κ2) is 5.76. The summed E-state index contributed by atoms with van der Waals surface area (Å²) in [5, 5.41) is 0.